The Bertz CT molecular complexity index is 494. The molecule has 182 valence electrons. The Morgan fingerprint density at radius 3 is 0.935 bits per heavy atom. The SMILES string of the molecule is CC(C)(C)NC(=O)NCCN(CCNC(=O)NC(C)(C)C)CCNC(=O)NC(C)(C)C. The first kappa shape index (κ1) is 28.8. The number of urea groups is 3. The van der Waals surface area contributed by atoms with Crippen molar-refractivity contribution in [2.75, 3.05) is 39.3 Å². The number of nitrogens with zero attached hydrogens (tertiary/aromatic N) is 1. The zero-order valence-corrected chi connectivity index (χ0v) is 20.9. The van der Waals surface area contributed by atoms with Crippen molar-refractivity contribution in [1.82, 2.24) is 36.8 Å². The number of rotatable bonds is 9. The summed E-state index contributed by atoms with van der Waals surface area (Å²) in [4.78, 5) is 37.9. The molecule has 10 nitrogen and oxygen atoms in total. The lowest BCUT2D eigenvalue weighted by atomic mass is 10.1. The van der Waals surface area contributed by atoms with Crippen LogP contribution >= 0.6 is 0 Å². The average molecular weight is 444 g/mol. The zero-order chi connectivity index (χ0) is 24.3. The van der Waals surface area contributed by atoms with Crippen LogP contribution in [0.3, 0.4) is 0 Å². The molecule has 0 rings (SSSR count). The van der Waals surface area contributed by atoms with Crippen molar-refractivity contribution < 1.29 is 14.4 Å². The summed E-state index contributed by atoms with van der Waals surface area (Å²) in [6, 6.07) is -0.673. The molecule has 0 heterocycles. The molecule has 6 N–H and O–H groups in total. The molecule has 0 fully saturated rings. The highest BCUT2D eigenvalue weighted by Crippen LogP contribution is 1.99. The van der Waals surface area contributed by atoms with Crippen LogP contribution in [0.1, 0.15) is 62.3 Å². The summed E-state index contributed by atoms with van der Waals surface area (Å²) in [5.41, 5.74) is -0.921. The molecule has 0 unspecified atom stereocenters. The predicted octanol–water partition coefficient (Wildman–Crippen LogP) is 1.58. The van der Waals surface area contributed by atoms with Crippen LogP contribution in [0.2, 0.25) is 0 Å². The summed E-state index contributed by atoms with van der Waals surface area (Å²) >= 11 is 0. The van der Waals surface area contributed by atoms with Crippen molar-refractivity contribution in [1.29, 1.82) is 0 Å². The Morgan fingerprint density at radius 2 is 0.742 bits per heavy atom. The maximum atomic E-state index is 11.9. The fraction of sp³-hybridized carbons (Fsp3) is 0.857. The molecule has 10 heteroatoms. The fourth-order valence-electron chi connectivity index (χ4n) is 2.47. The summed E-state index contributed by atoms with van der Waals surface area (Å²) in [6.45, 7) is 20.4. The Balaban J connectivity index is 4.55. The fourth-order valence-corrected chi connectivity index (χ4v) is 2.47. The Morgan fingerprint density at radius 1 is 0.516 bits per heavy atom. The molecule has 0 saturated carbocycles. The molecule has 0 aliphatic rings. The molecule has 0 spiro atoms. The third kappa shape index (κ3) is 19.5. The van der Waals surface area contributed by atoms with Gasteiger partial charge in [-0.05, 0) is 62.3 Å². The zero-order valence-electron chi connectivity index (χ0n) is 20.9. The predicted molar refractivity (Wildman–Crippen MR) is 125 cm³/mol. The molecule has 0 radical (unpaired) electrons. The van der Waals surface area contributed by atoms with Gasteiger partial charge in [0.15, 0.2) is 0 Å². The summed E-state index contributed by atoms with van der Waals surface area (Å²) in [5, 5.41) is 17.1. The second-order valence-corrected chi connectivity index (χ2v) is 10.7. The molecule has 31 heavy (non-hydrogen) atoms. The highest BCUT2D eigenvalue weighted by atomic mass is 16.2. The molecule has 0 atom stereocenters. The van der Waals surface area contributed by atoms with Crippen LogP contribution in [0.25, 0.3) is 0 Å². The molecule has 0 aromatic heterocycles. The van der Waals surface area contributed by atoms with Crippen molar-refractivity contribution in [2.24, 2.45) is 0 Å². The lowest BCUT2D eigenvalue weighted by Crippen LogP contribution is -2.51. The van der Waals surface area contributed by atoms with Gasteiger partial charge in [0.05, 0.1) is 0 Å². The van der Waals surface area contributed by atoms with E-state index in [2.05, 4.69) is 36.8 Å². The monoisotopic (exact) mass is 443 g/mol. The second-order valence-electron chi connectivity index (χ2n) is 10.7. The van der Waals surface area contributed by atoms with Gasteiger partial charge in [0.25, 0.3) is 0 Å². The summed E-state index contributed by atoms with van der Waals surface area (Å²) in [6.07, 6.45) is 0. The normalized spacial score (nSPS) is 12.2. The van der Waals surface area contributed by atoms with Crippen molar-refractivity contribution in [3.05, 3.63) is 0 Å². The molecule has 0 aliphatic carbocycles. The first-order valence-electron chi connectivity index (χ1n) is 10.9. The number of nitrogens with one attached hydrogen (secondary N) is 6. The number of hydrogen-bond donors (Lipinski definition) is 6. The molecular formula is C21H45N7O3. The van der Waals surface area contributed by atoms with Crippen molar-refractivity contribution in [2.45, 2.75) is 78.9 Å². The first-order valence-corrected chi connectivity index (χ1v) is 10.9. The minimum absolute atomic E-state index is 0.224. The van der Waals surface area contributed by atoms with Crippen LogP contribution in [0.5, 0.6) is 0 Å². The van der Waals surface area contributed by atoms with Gasteiger partial charge in [-0.2, -0.15) is 0 Å². The molecule has 0 aromatic rings. The molecule has 0 bridgehead atoms. The highest BCUT2D eigenvalue weighted by molar-refractivity contribution is 5.75. The van der Waals surface area contributed by atoms with E-state index >= 15 is 0 Å². The molecule has 0 saturated heterocycles. The number of carbonyl (C=O) groups is 3. The Labute approximate surface area is 188 Å². The number of amides is 6. The van der Waals surface area contributed by atoms with Crippen LogP contribution in [-0.2, 0) is 0 Å². The highest BCUT2D eigenvalue weighted by Gasteiger charge is 2.16. The topological polar surface area (TPSA) is 127 Å². The largest absolute Gasteiger partial charge is 0.337 e. The lowest BCUT2D eigenvalue weighted by Gasteiger charge is -2.26. The smallest absolute Gasteiger partial charge is 0.315 e. The molecule has 0 aromatic carbocycles. The summed E-state index contributed by atoms with van der Waals surface area (Å²) < 4.78 is 0. The van der Waals surface area contributed by atoms with Gasteiger partial charge in [-0.15, -0.1) is 0 Å². The van der Waals surface area contributed by atoms with E-state index in [0.29, 0.717) is 39.3 Å². The van der Waals surface area contributed by atoms with Crippen LogP contribution in [-0.4, -0.2) is 78.9 Å². The van der Waals surface area contributed by atoms with Gasteiger partial charge in [-0.25, -0.2) is 14.4 Å². The third-order valence-electron chi connectivity index (χ3n) is 3.61. The Kier molecular flexibility index (Phi) is 11.7. The minimum atomic E-state index is -0.307. The lowest BCUT2D eigenvalue weighted by molar-refractivity contribution is 0.221. The maximum absolute atomic E-state index is 11.9. The van der Waals surface area contributed by atoms with E-state index in [1.807, 2.05) is 62.3 Å². The minimum Gasteiger partial charge on any atom is -0.337 e. The van der Waals surface area contributed by atoms with Gasteiger partial charge in [0, 0.05) is 55.9 Å². The molecular weight excluding hydrogens is 398 g/mol. The van der Waals surface area contributed by atoms with Gasteiger partial charge in [-0.3, -0.25) is 4.90 Å². The summed E-state index contributed by atoms with van der Waals surface area (Å²) in [5.74, 6) is 0. The van der Waals surface area contributed by atoms with E-state index < -0.39 is 0 Å². The van der Waals surface area contributed by atoms with E-state index in [1.54, 1.807) is 0 Å². The van der Waals surface area contributed by atoms with Crippen LogP contribution in [0.4, 0.5) is 14.4 Å². The van der Waals surface area contributed by atoms with E-state index in [9.17, 15) is 14.4 Å². The van der Waals surface area contributed by atoms with Crippen molar-refractivity contribution in [3.63, 3.8) is 0 Å². The standard InChI is InChI=1S/C21H45N7O3/c1-19(2,3)25-16(29)22-10-13-28(14-11-23-17(30)26-20(4,5)6)15-12-24-18(31)27-21(7,8)9/h10-15H2,1-9H3,(H2,22,25,29)(H2,23,26,30)(H2,24,27,31). The van der Waals surface area contributed by atoms with Crippen molar-refractivity contribution >= 4 is 18.1 Å². The number of hydrogen-bond acceptors (Lipinski definition) is 4. The third-order valence-corrected chi connectivity index (χ3v) is 3.61. The van der Waals surface area contributed by atoms with Gasteiger partial charge in [-0.1, -0.05) is 0 Å². The van der Waals surface area contributed by atoms with E-state index in [0.717, 1.165) is 0 Å². The molecule has 6 amide bonds. The van der Waals surface area contributed by atoms with E-state index in [4.69, 9.17) is 0 Å². The van der Waals surface area contributed by atoms with Crippen molar-refractivity contribution in [3.8, 4) is 0 Å². The van der Waals surface area contributed by atoms with E-state index in [1.165, 1.54) is 0 Å². The van der Waals surface area contributed by atoms with Crippen LogP contribution < -0.4 is 31.9 Å². The quantitative estimate of drug-likeness (QED) is 0.323. The molecule has 0 aliphatic heterocycles. The van der Waals surface area contributed by atoms with Gasteiger partial charge >= 0.3 is 18.1 Å². The maximum Gasteiger partial charge on any atom is 0.315 e. The van der Waals surface area contributed by atoms with Gasteiger partial charge in [0.1, 0.15) is 0 Å². The second kappa shape index (κ2) is 12.6. The van der Waals surface area contributed by atoms with Crippen LogP contribution in [0.15, 0.2) is 0 Å². The number of carbonyl (C=O) groups excluding carboxylic acids is 3. The Hall–Kier alpha value is -2.23. The van der Waals surface area contributed by atoms with Gasteiger partial charge in [0.2, 0.25) is 0 Å². The summed E-state index contributed by atoms with van der Waals surface area (Å²) in [7, 11) is 0. The van der Waals surface area contributed by atoms with Gasteiger partial charge < -0.3 is 31.9 Å². The average Bonchev–Trinajstić information content (AvgIpc) is 2.49. The van der Waals surface area contributed by atoms with Crippen LogP contribution in [0, 0.1) is 0 Å². The first-order chi connectivity index (χ1) is 14.0. The van der Waals surface area contributed by atoms with E-state index in [-0.39, 0.29) is 34.7 Å².